The first-order valence-corrected chi connectivity index (χ1v) is 7.64. The monoisotopic (exact) mass is 272 g/mol. The maximum absolute atomic E-state index is 12.5. The predicted molar refractivity (Wildman–Crippen MR) is 68.4 cm³/mol. The van der Waals surface area contributed by atoms with Crippen molar-refractivity contribution in [2.75, 3.05) is 7.05 Å². The molecule has 0 bridgehead atoms. The van der Waals surface area contributed by atoms with E-state index in [2.05, 4.69) is 10.2 Å². The summed E-state index contributed by atoms with van der Waals surface area (Å²) in [4.78, 5) is 0. The number of nitrogens with zero attached hydrogens (tertiary/aromatic N) is 2. The van der Waals surface area contributed by atoms with Crippen LogP contribution < -0.4 is 5.73 Å². The highest BCUT2D eigenvalue weighted by atomic mass is 32.2. The van der Waals surface area contributed by atoms with Gasteiger partial charge in [-0.25, -0.2) is 8.42 Å². The van der Waals surface area contributed by atoms with Crippen LogP contribution in [0.15, 0.2) is 5.03 Å². The smallest absolute Gasteiger partial charge is 0.262 e. The van der Waals surface area contributed by atoms with E-state index in [4.69, 9.17) is 5.73 Å². The lowest BCUT2D eigenvalue weighted by Crippen LogP contribution is -2.36. The zero-order chi connectivity index (χ0) is 13.3. The number of hydrogen-bond donors (Lipinski definition) is 2. The number of aryl methyl sites for hydroxylation is 1. The van der Waals surface area contributed by atoms with Gasteiger partial charge in [0.2, 0.25) is 0 Å². The zero-order valence-corrected chi connectivity index (χ0v) is 11.6. The Balaban J connectivity index is 2.35. The molecule has 0 aromatic carbocycles. The lowest BCUT2D eigenvalue weighted by atomic mass is 10.3. The van der Waals surface area contributed by atoms with Gasteiger partial charge in [-0.2, -0.15) is 9.40 Å². The summed E-state index contributed by atoms with van der Waals surface area (Å²) in [6, 6.07) is 0.0950. The van der Waals surface area contributed by atoms with Gasteiger partial charge < -0.3 is 5.73 Å². The minimum atomic E-state index is -3.53. The highest BCUT2D eigenvalue weighted by Crippen LogP contribution is 2.28. The Hall–Kier alpha value is -0.920. The molecule has 1 saturated carbocycles. The number of hydrogen-bond acceptors (Lipinski definition) is 4. The second kappa shape index (κ2) is 4.99. The van der Waals surface area contributed by atoms with Crippen molar-refractivity contribution in [3.63, 3.8) is 0 Å². The molecule has 3 N–H and O–H groups in total. The summed E-state index contributed by atoms with van der Waals surface area (Å²) < 4.78 is 26.5. The van der Waals surface area contributed by atoms with E-state index in [1.54, 1.807) is 14.0 Å². The summed E-state index contributed by atoms with van der Waals surface area (Å²) in [5.41, 5.74) is 6.90. The summed E-state index contributed by atoms with van der Waals surface area (Å²) in [5, 5.41) is 6.70. The van der Waals surface area contributed by atoms with Crippen molar-refractivity contribution >= 4 is 10.0 Å². The van der Waals surface area contributed by atoms with Gasteiger partial charge in [-0.15, -0.1) is 0 Å². The van der Waals surface area contributed by atoms with Crippen molar-refractivity contribution in [3.8, 4) is 0 Å². The Morgan fingerprint density at radius 1 is 1.44 bits per heavy atom. The molecule has 0 amide bonds. The molecule has 6 nitrogen and oxygen atoms in total. The van der Waals surface area contributed by atoms with Gasteiger partial charge >= 0.3 is 0 Å². The van der Waals surface area contributed by atoms with Gasteiger partial charge in [0.1, 0.15) is 0 Å². The molecule has 1 fully saturated rings. The maximum Gasteiger partial charge on any atom is 0.262 e. The fraction of sp³-hybridized carbons (Fsp3) is 0.727. The molecule has 1 aromatic heterocycles. The molecule has 0 spiro atoms. The Bertz CT molecular complexity index is 517. The van der Waals surface area contributed by atoms with Crippen LogP contribution in [0.3, 0.4) is 0 Å². The number of rotatable bonds is 4. The topological polar surface area (TPSA) is 92.1 Å². The lowest BCUT2D eigenvalue weighted by molar-refractivity contribution is 0.371. The Labute approximate surface area is 108 Å². The second-order valence-corrected chi connectivity index (χ2v) is 6.71. The van der Waals surface area contributed by atoms with E-state index < -0.39 is 10.0 Å². The van der Waals surface area contributed by atoms with Crippen LogP contribution in [0.2, 0.25) is 0 Å². The molecule has 1 aromatic rings. The van der Waals surface area contributed by atoms with Crippen molar-refractivity contribution < 1.29 is 8.42 Å². The number of aromatic amines is 1. The molecule has 0 aliphatic heterocycles. The number of nitrogens with one attached hydrogen (secondary N) is 1. The van der Waals surface area contributed by atoms with Crippen molar-refractivity contribution in [1.82, 2.24) is 14.5 Å². The first kappa shape index (κ1) is 13.5. The SMILES string of the molecule is Cc1[nH]nc(S(=O)(=O)N(C)C2CCCC2)c1CN. The highest BCUT2D eigenvalue weighted by Gasteiger charge is 2.33. The van der Waals surface area contributed by atoms with E-state index in [1.807, 2.05) is 0 Å². The lowest BCUT2D eigenvalue weighted by Gasteiger charge is -2.22. The van der Waals surface area contributed by atoms with E-state index in [9.17, 15) is 8.42 Å². The molecule has 0 atom stereocenters. The standard InChI is InChI=1S/C11H20N4O2S/c1-8-10(7-12)11(14-13-8)18(16,17)15(2)9-5-3-4-6-9/h9H,3-7,12H2,1-2H3,(H,13,14). The first-order chi connectivity index (χ1) is 8.48. The minimum absolute atomic E-state index is 0.0805. The molecule has 7 heteroatoms. The fourth-order valence-electron chi connectivity index (χ4n) is 2.48. The minimum Gasteiger partial charge on any atom is -0.326 e. The van der Waals surface area contributed by atoms with Crippen LogP contribution >= 0.6 is 0 Å². The van der Waals surface area contributed by atoms with Crippen molar-refractivity contribution in [2.45, 2.75) is 50.2 Å². The summed E-state index contributed by atoms with van der Waals surface area (Å²) in [6.07, 6.45) is 4.04. The summed E-state index contributed by atoms with van der Waals surface area (Å²) >= 11 is 0. The third-order valence-corrected chi connectivity index (χ3v) is 5.59. The van der Waals surface area contributed by atoms with Crippen LogP contribution in [-0.4, -0.2) is 36.0 Å². The van der Waals surface area contributed by atoms with Gasteiger partial charge in [0, 0.05) is 30.9 Å². The molecule has 18 heavy (non-hydrogen) atoms. The highest BCUT2D eigenvalue weighted by molar-refractivity contribution is 7.89. The molecule has 1 aliphatic carbocycles. The maximum atomic E-state index is 12.5. The van der Waals surface area contributed by atoms with Crippen LogP contribution in [0.5, 0.6) is 0 Å². The average Bonchev–Trinajstić information content (AvgIpc) is 2.96. The molecular weight excluding hydrogens is 252 g/mol. The fourth-order valence-corrected chi connectivity index (χ4v) is 4.07. The first-order valence-electron chi connectivity index (χ1n) is 6.20. The van der Waals surface area contributed by atoms with Crippen LogP contribution in [0.4, 0.5) is 0 Å². The number of H-pyrrole nitrogens is 1. The molecule has 1 heterocycles. The second-order valence-electron chi connectivity index (χ2n) is 4.80. The van der Waals surface area contributed by atoms with Gasteiger partial charge in [0.15, 0.2) is 5.03 Å². The van der Waals surface area contributed by atoms with Crippen molar-refractivity contribution in [3.05, 3.63) is 11.3 Å². The normalized spacial score (nSPS) is 17.8. The summed E-state index contributed by atoms with van der Waals surface area (Å²) in [7, 11) is -1.90. The summed E-state index contributed by atoms with van der Waals surface area (Å²) in [6.45, 7) is 1.96. The van der Waals surface area contributed by atoms with Crippen LogP contribution in [0.1, 0.15) is 36.9 Å². The summed E-state index contributed by atoms with van der Waals surface area (Å²) in [5.74, 6) is 0. The van der Waals surface area contributed by atoms with E-state index in [-0.39, 0.29) is 17.6 Å². The Morgan fingerprint density at radius 3 is 2.61 bits per heavy atom. The van der Waals surface area contributed by atoms with Gasteiger partial charge in [-0.3, -0.25) is 5.10 Å². The Kier molecular flexibility index (Phi) is 3.74. The molecular formula is C11H20N4O2S. The van der Waals surface area contributed by atoms with Gasteiger partial charge in [0.25, 0.3) is 10.0 Å². The largest absolute Gasteiger partial charge is 0.326 e. The van der Waals surface area contributed by atoms with E-state index in [0.29, 0.717) is 5.56 Å². The molecule has 0 unspecified atom stereocenters. The zero-order valence-electron chi connectivity index (χ0n) is 10.8. The van der Waals surface area contributed by atoms with Crippen molar-refractivity contribution in [2.24, 2.45) is 5.73 Å². The predicted octanol–water partition coefficient (Wildman–Crippen LogP) is 0.740. The Morgan fingerprint density at radius 2 is 2.06 bits per heavy atom. The number of nitrogens with two attached hydrogens (primary N) is 1. The molecule has 0 radical (unpaired) electrons. The van der Waals surface area contributed by atoms with Crippen LogP contribution in [0.25, 0.3) is 0 Å². The third-order valence-electron chi connectivity index (χ3n) is 3.70. The molecule has 0 saturated heterocycles. The van der Waals surface area contributed by atoms with E-state index >= 15 is 0 Å². The van der Waals surface area contributed by atoms with Gasteiger partial charge in [-0.1, -0.05) is 12.8 Å². The molecule has 2 rings (SSSR count). The average molecular weight is 272 g/mol. The number of aromatic nitrogens is 2. The molecule has 102 valence electrons. The quantitative estimate of drug-likeness (QED) is 0.845. The van der Waals surface area contributed by atoms with Crippen molar-refractivity contribution in [1.29, 1.82) is 0 Å². The van der Waals surface area contributed by atoms with E-state index in [0.717, 1.165) is 31.4 Å². The number of sulfonamides is 1. The third kappa shape index (κ3) is 2.17. The van der Waals surface area contributed by atoms with E-state index in [1.165, 1.54) is 4.31 Å². The van der Waals surface area contributed by atoms with Gasteiger partial charge in [0.05, 0.1) is 0 Å². The van der Waals surface area contributed by atoms with Crippen LogP contribution in [-0.2, 0) is 16.6 Å². The molecule has 1 aliphatic rings. The van der Waals surface area contributed by atoms with Gasteiger partial charge in [-0.05, 0) is 19.8 Å². The van der Waals surface area contributed by atoms with Crippen LogP contribution in [0, 0.1) is 6.92 Å².